The van der Waals surface area contributed by atoms with Crippen LogP contribution in [-0.2, 0) is 11.8 Å². The van der Waals surface area contributed by atoms with E-state index in [1.807, 2.05) is 0 Å². The third-order valence-corrected chi connectivity index (χ3v) is 3.57. The zero-order valence-corrected chi connectivity index (χ0v) is 10.6. The molecule has 4 rings (SSSR count). The topological polar surface area (TPSA) is 12.5 Å². The maximum Gasteiger partial charge on any atom is 0.119 e. The van der Waals surface area contributed by atoms with Gasteiger partial charge in [-0.2, -0.15) is 0 Å². The molecule has 108 valence electrons. The SMILES string of the molecule is [2H]C([2H])([2H])N1C([2H])([2H])C([2H])([2H])[C@]23c4cc(OC)ccc4C([2H])([2H])[C@@]1([2H])[C@@]2([2H])C([2H])([2H])C([2H])([2H])C([2H])([2H])C3([2H])[2H]. The Morgan fingerprint density at radius 1 is 1.45 bits per heavy atom. The Hall–Kier alpha value is -1.02. The molecule has 2 heteroatoms. The van der Waals surface area contributed by atoms with E-state index in [2.05, 4.69) is 0 Å². The molecule has 0 aromatic heterocycles. The predicted octanol–water partition coefficient (Wildman–Crippen LogP) is 3.38. The Morgan fingerprint density at radius 3 is 3.25 bits per heavy atom. The molecule has 1 aliphatic heterocycles. The van der Waals surface area contributed by atoms with Gasteiger partial charge in [-0.05, 0) is 68.1 Å². The highest BCUT2D eigenvalue weighted by Crippen LogP contribution is 2.55. The van der Waals surface area contributed by atoms with Crippen molar-refractivity contribution >= 4 is 0 Å². The summed E-state index contributed by atoms with van der Waals surface area (Å²) in [6.07, 6.45) is -24.2. The van der Waals surface area contributed by atoms with Crippen LogP contribution in [0.5, 0.6) is 5.75 Å². The fraction of sp³-hybridized carbons (Fsp3) is 0.667. The molecule has 3 atom stereocenters. The van der Waals surface area contributed by atoms with Gasteiger partial charge in [0.25, 0.3) is 0 Å². The van der Waals surface area contributed by atoms with Gasteiger partial charge in [0.1, 0.15) is 5.75 Å². The summed E-state index contributed by atoms with van der Waals surface area (Å²) < 4.78 is 171. The first-order valence-corrected chi connectivity index (χ1v) is 6.02. The van der Waals surface area contributed by atoms with E-state index < -0.39 is 85.1 Å². The second-order valence-electron chi connectivity index (χ2n) is 4.58. The molecule has 1 heterocycles. The minimum Gasteiger partial charge on any atom is -0.497 e. The lowest BCUT2D eigenvalue weighted by Gasteiger charge is -2.58. The molecule has 0 unspecified atom stereocenters. The standard InChI is InChI=1S/C18H25NO/c1-19-10-9-18-8-4-3-5-15(18)17(19)11-13-6-7-14(20-2)12-16(13)18/h6-7,12,15,17H,3-5,8-11H2,1-2H3/t15-,17+,18+/m1/s1/i1D3,3D2,4D2,5D2,8D2,9D2,10D2,11D2,15D,17D. The van der Waals surface area contributed by atoms with Crippen LogP contribution in [0, 0.1) is 5.89 Å². The highest BCUT2D eigenvalue weighted by Gasteiger charge is 2.53. The maximum absolute atomic E-state index is 9.54. The van der Waals surface area contributed by atoms with E-state index in [1.165, 1.54) is 0 Å². The molecular formula is C18H25NO. The third-order valence-electron chi connectivity index (χ3n) is 3.57. The fourth-order valence-electron chi connectivity index (χ4n) is 2.60. The molecule has 20 heavy (non-hydrogen) atoms. The number of likely N-dealkylation sites (N-methyl/N-ethyl adjacent to an activating group) is 1. The summed E-state index contributed by atoms with van der Waals surface area (Å²) >= 11 is 0. The maximum atomic E-state index is 9.54. The summed E-state index contributed by atoms with van der Waals surface area (Å²) in [6, 6.07) is -1.38. The van der Waals surface area contributed by atoms with Crippen molar-refractivity contribution in [1.29, 1.82) is 0 Å². The van der Waals surface area contributed by atoms with E-state index in [0.29, 0.717) is 0 Å². The molecule has 0 spiro atoms. The summed E-state index contributed by atoms with van der Waals surface area (Å²) in [5, 5.41) is 0. The van der Waals surface area contributed by atoms with E-state index in [9.17, 15) is 2.74 Å². The lowest BCUT2D eigenvalue weighted by atomic mass is 9.52. The minimum atomic E-state index is -4.22. The van der Waals surface area contributed by atoms with Crippen molar-refractivity contribution in [3.63, 3.8) is 0 Å². The first-order chi connectivity index (χ1) is 17.0. The number of fused-ring (bicyclic) bond motifs is 1. The van der Waals surface area contributed by atoms with Crippen molar-refractivity contribution in [3.8, 4) is 5.75 Å². The van der Waals surface area contributed by atoms with Crippen molar-refractivity contribution in [2.24, 2.45) is 5.89 Å². The van der Waals surface area contributed by atoms with Gasteiger partial charge in [0, 0.05) is 37.5 Å². The molecule has 1 saturated carbocycles. The second-order valence-corrected chi connectivity index (χ2v) is 4.58. The molecule has 1 aromatic rings. The average Bonchev–Trinajstić information content (AvgIpc) is 2.74. The van der Waals surface area contributed by atoms with Crippen LogP contribution in [0.1, 0.15) is 69.0 Å². The lowest BCUT2D eigenvalue weighted by molar-refractivity contribution is 0.00274. The number of ether oxygens (including phenoxy) is 1. The first-order valence-electron chi connectivity index (χ1n) is 15.5. The number of hydrogen-bond donors (Lipinski definition) is 0. The number of benzene rings is 1. The number of hydrogen-bond acceptors (Lipinski definition) is 2. The van der Waals surface area contributed by atoms with E-state index >= 15 is 0 Å². The van der Waals surface area contributed by atoms with Crippen molar-refractivity contribution in [2.45, 2.75) is 49.7 Å². The van der Waals surface area contributed by atoms with Gasteiger partial charge in [-0.1, -0.05) is 18.8 Å². The monoisotopic (exact) mass is 290 g/mol. The van der Waals surface area contributed by atoms with E-state index in [4.69, 9.17) is 28.0 Å². The van der Waals surface area contributed by atoms with Crippen LogP contribution in [0.2, 0.25) is 0 Å². The largest absolute Gasteiger partial charge is 0.497 e. The van der Waals surface area contributed by atoms with Crippen molar-refractivity contribution in [1.82, 2.24) is 4.90 Å². The highest BCUT2D eigenvalue weighted by molar-refractivity contribution is 5.45. The summed E-state index contributed by atoms with van der Waals surface area (Å²) in [5.41, 5.74) is -5.68. The Kier molecular flexibility index (Phi) is 0.820. The minimum absolute atomic E-state index is 0.237. The number of methoxy groups -OCH3 is 1. The first kappa shape index (κ1) is 3.65. The highest BCUT2D eigenvalue weighted by atomic mass is 16.5. The molecule has 1 saturated heterocycles. The van der Waals surface area contributed by atoms with E-state index in [-0.39, 0.29) is 5.75 Å². The summed E-state index contributed by atoms with van der Waals surface area (Å²) in [4.78, 5) is -0.629. The Labute approximate surface area is 148 Å². The predicted molar refractivity (Wildman–Crippen MR) is 81.4 cm³/mol. The van der Waals surface area contributed by atoms with E-state index in [0.717, 1.165) is 25.3 Å². The number of piperidine rings is 1. The smallest absolute Gasteiger partial charge is 0.119 e. The van der Waals surface area contributed by atoms with Gasteiger partial charge in [0.2, 0.25) is 0 Å². The lowest BCUT2D eigenvalue weighted by Crippen LogP contribution is -2.59. The van der Waals surface area contributed by atoms with Gasteiger partial charge in [0.15, 0.2) is 0 Å². The van der Waals surface area contributed by atoms with Crippen molar-refractivity contribution in [3.05, 3.63) is 29.3 Å². The molecule has 0 radical (unpaired) electrons. The zero-order valence-electron chi connectivity index (χ0n) is 29.6. The molecule has 2 bridgehead atoms. The molecule has 2 aliphatic carbocycles. The van der Waals surface area contributed by atoms with Crippen LogP contribution in [0.15, 0.2) is 18.2 Å². The Morgan fingerprint density at radius 2 is 2.40 bits per heavy atom. The van der Waals surface area contributed by atoms with Gasteiger partial charge < -0.3 is 9.64 Å². The van der Waals surface area contributed by atoms with Crippen LogP contribution < -0.4 is 4.74 Å². The Bertz CT molecular complexity index is 1240. The molecule has 0 amide bonds. The van der Waals surface area contributed by atoms with Crippen molar-refractivity contribution in [2.75, 3.05) is 20.6 Å². The van der Waals surface area contributed by atoms with Crippen LogP contribution in [-0.4, -0.2) is 31.5 Å². The number of nitrogens with zero attached hydrogens (tertiary/aromatic N) is 1. The molecule has 2 fully saturated rings. The van der Waals surface area contributed by atoms with Gasteiger partial charge >= 0.3 is 0 Å². The zero-order chi connectivity index (χ0) is 30.6. The van der Waals surface area contributed by atoms with Crippen LogP contribution in [0.3, 0.4) is 0 Å². The third kappa shape index (κ3) is 1.60. The molecule has 1 aromatic carbocycles. The number of rotatable bonds is 1. The molecular weight excluding hydrogens is 246 g/mol. The van der Waals surface area contributed by atoms with Crippen molar-refractivity contribution < 1.29 is 30.8 Å². The average molecular weight is 291 g/mol. The normalized spacial score (nSPS) is 75.8. The van der Waals surface area contributed by atoms with Crippen LogP contribution in [0.25, 0.3) is 0 Å². The van der Waals surface area contributed by atoms with Gasteiger partial charge in [-0.25, -0.2) is 0 Å². The van der Waals surface area contributed by atoms with Gasteiger partial charge in [-0.15, -0.1) is 0 Å². The fourth-order valence-corrected chi connectivity index (χ4v) is 2.60. The quantitative estimate of drug-likeness (QED) is 0.786. The molecule has 2 nitrogen and oxygen atoms in total. The summed E-state index contributed by atoms with van der Waals surface area (Å²) in [5.74, 6) is -4.45. The number of likely N-dealkylation sites (tertiary alicyclic amines) is 1. The summed E-state index contributed by atoms with van der Waals surface area (Å²) in [6.45, 7) is -8.04. The van der Waals surface area contributed by atoms with Crippen LogP contribution >= 0.6 is 0 Å². The molecule has 3 aliphatic rings. The van der Waals surface area contributed by atoms with Gasteiger partial charge in [0.05, 0.1) is 7.11 Å². The van der Waals surface area contributed by atoms with Gasteiger partial charge in [-0.3, -0.25) is 0 Å². The second kappa shape index (κ2) is 4.49. The molecule has 0 N–H and O–H groups in total. The summed E-state index contributed by atoms with van der Waals surface area (Å²) in [7, 11) is 1.11. The van der Waals surface area contributed by atoms with E-state index in [1.54, 1.807) is 0 Å². The van der Waals surface area contributed by atoms with Crippen LogP contribution in [0.4, 0.5) is 0 Å². The Balaban J connectivity index is 2.51.